The lowest BCUT2D eigenvalue weighted by atomic mass is 10.2. The van der Waals surface area contributed by atoms with E-state index in [0.29, 0.717) is 47.6 Å². The smallest absolute Gasteiger partial charge is 0.338 e. The number of halogens is 2. The molecule has 0 saturated carbocycles. The molecule has 2 aromatic rings. The number of methoxy groups -OCH3 is 1. The van der Waals surface area contributed by atoms with Crippen LogP contribution in [-0.4, -0.2) is 38.8 Å². The molecule has 2 aromatic carbocycles. The van der Waals surface area contributed by atoms with E-state index in [4.69, 9.17) is 42.1 Å². The molecule has 3 rings (SSSR count). The van der Waals surface area contributed by atoms with Crippen molar-refractivity contribution in [1.29, 1.82) is 0 Å². The van der Waals surface area contributed by atoms with Gasteiger partial charge in [0.15, 0.2) is 18.1 Å². The molecule has 1 aliphatic heterocycles. The van der Waals surface area contributed by atoms with E-state index in [1.54, 1.807) is 12.1 Å². The average molecular weight is 426 g/mol. The van der Waals surface area contributed by atoms with Gasteiger partial charge < -0.3 is 24.3 Å². The molecule has 28 heavy (non-hydrogen) atoms. The Morgan fingerprint density at radius 2 is 1.89 bits per heavy atom. The lowest BCUT2D eigenvalue weighted by Gasteiger charge is -2.12. The molecule has 1 N–H and O–H groups in total. The number of ether oxygens (including phenoxy) is 4. The number of anilines is 1. The number of hydrogen-bond acceptors (Lipinski definition) is 6. The molecule has 0 unspecified atom stereocenters. The Balaban J connectivity index is 1.61. The number of nitrogens with one attached hydrogen (secondary N) is 1. The van der Waals surface area contributed by atoms with Gasteiger partial charge in [-0.25, -0.2) is 4.79 Å². The van der Waals surface area contributed by atoms with Crippen LogP contribution < -0.4 is 19.5 Å². The maximum Gasteiger partial charge on any atom is 0.338 e. The van der Waals surface area contributed by atoms with Gasteiger partial charge in [-0.15, -0.1) is 0 Å². The molecule has 9 heteroatoms. The fourth-order valence-electron chi connectivity index (χ4n) is 2.50. The number of esters is 1. The first-order valence-corrected chi connectivity index (χ1v) is 9.13. The first kappa shape index (κ1) is 20.1. The van der Waals surface area contributed by atoms with Crippen LogP contribution in [0.5, 0.6) is 17.2 Å². The second-order valence-corrected chi connectivity index (χ2v) is 6.62. The van der Waals surface area contributed by atoms with E-state index in [0.717, 1.165) is 0 Å². The van der Waals surface area contributed by atoms with Gasteiger partial charge in [0.05, 0.1) is 35.9 Å². The minimum absolute atomic E-state index is 0.162. The zero-order valence-electron chi connectivity index (χ0n) is 14.9. The number of hydrogen-bond donors (Lipinski definition) is 1. The number of rotatable bonds is 5. The summed E-state index contributed by atoms with van der Waals surface area (Å²) in [5.41, 5.74) is 0.611. The van der Waals surface area contributed by atoms with Gasteiger partial charge in [0.1, 0.15) is 5.75 Å². The maximum atomic E-state index is 12.3. The molecular weight excluding hydrogens is 409 g/mol. The molecule has 0 atom stereocenters. The summed E-state index contributed by atoms with van der Waals surface area (Å²) >= 11 is 12.2. The highest BCUT2D eigenvalue weighted by Gasteiger charge is 2.20. The molecular formula is C19H17Cl2NO6. The number of carbonyl (C=O) groups is 2. The van der Waals surface area contributed by atoms with Crippen LogP contribution in [0.4, 0.5) is 5.69 Å². The van der Waals surface area contributed by atoms with Crippen LogP contribution in [0, 0.1) is 0 Å². The molecule has 0 bridgehead atoms. The van der Waals surface area contributed by atoms with Crippen molar-refractivity contribution in [2.24, 2.45) is 0 Å². The van der Waals surface area contributed by atoms with Crippen molar-refractivity contribution in [2.45, 2.75) is 6.42 Å². The van der Waals surface area contributed by atoms with Crippen LogP contribution in [0.2, 0.25) is 10.0 Å². The van der Waals surface area contributed by atoms with Gasteiger partial charge in [-0.3, -0.25) is 4.79 Å². The summed E-state index contributed by atoms with van der Waals surface area (Å²) in [4.78, 5) is 24.3. The predicted molar refractivity (Wildman–Crippen MR) is 104 cm³/mol. The molecule has 1 heterocycles. The SMILES string of the molecule is COc1ccc(NC(=O)COC(=O)c2cc(Cl)c3c(c2)OCCCO3)cc1Cl. The standard InChI is InChI=1S/C19H17Cl2NO6/c1-25-15-4-3-12(9-13(15)20)22-17(23)10-28-19(24)11-7-14(21)18-16(8-11)26-5-2-6-27-18/h3-4,7-9H,2,5-6,10H2,1H3,(H,22,23). The second kappa shape index (κ2) is 9.03. The Kier molecular flexibility index (Phi) is 6.49. The lowest BCUT2D eigenvalue weighted by molar-refractivity contribution is -0.119. The first-order valence-electron chi connectivity index (χ1n) is 8.37. The van der Waals surface area contributed by atoms with Gasteiger partial charge in [-0.2, -0.15) is 0 Å². The minimum atomic E-state index is -0.708. The highest BCUT2D eigenvalue weighted by molar-refractivity contribution is 6.33. The molecule has 7 nitrogen and oxygen atoms in total. The summed E-state index contributed by atoms with van der Waals surface area (Å²) in [5.74, 6) is 0.0204. The average Bonchev–Trinajstić information content (AvgIpc) is 2.92. The van der Waals surface area contributed by atoms with E-state index in [-0.39, 0.29) is 10.6 Å². The third kappa shape index (κ3) is 4.79. The Morgan fingerprint density at radius 3 is 2.64 bits per heavy atom. The van der Waals surface area contributed by atoms with Crippen molar-refractivity contribution in [1.82, 2.24) is 0 Å². The van der Waals surface area contributed by atoms with Crippen LogP contribution in [0.15, 0.2) is 30.3 Å². The Bertz CT molecular complexity index is 902. The van der Waals surface area contributed by atoms with Crippen molar-refractivity contribution >= 4 is 40.8 Å². The van der Waals surface area contributed by atoms with Crippen molar-refractivity contribution in [3.8, 4) is 17.2 Å². The number of benzene rings is 2. The molecule has 0 radical (unpaired) electrons. The Labute approximate surface area is 171 Å². The molecule has 0 fully saturated rings. The summed E-state index contributed by atoms with van der Waals surface area (Å²) in [6.45, 7) is 0.454. The zero-order valence-corrected chi connectivity index (χ0v) is 16.4. The van der Waals surface area contributed by atoms with E-state index in [9.17, 15) is 9.59 Å². The number of carbonyl (C=O) groups excluding carboxylic acids is 2. The van der Waals surface area contributed by atoms with Crippen LogP contribution in [0.3, 0.4) is 0 Å². The first-order chi connectivity index (χ1) is 13.5. The molecule has 148 valence electrons. The summed E-state index contributed by atoms with van der Waals surface area (Å²) in [5, 5.41) is 3.17. The van der Waals surface area contributed by atoms with Crippen molar-refractivity contribution in [3.05, 3.63) is 45.9 Å². The molecule has 1 aliphatic rings. The molecule has 0 aliphatic carbocycles. The molecule has 1 amide bonds. The zero-order chi connectivity index (χ0) is 20.1. The maximum absolute atomic E-state index is 12.3. The van der Waals surface area contributed by atoms with Crippen molar-refractivity contribution in [3.63, 3.8) is 0 Å². The quantitative estimate of drug-likeness (QED) is 0.729. The monoisotopic (exact) mass is 425 g/mol. The van der Waals surface area contributed by atoms with Crippen LogP contribution in [-0.2, 0) is 9.53 Å². The number of fused-ring (bicyclic) bond motifs is 1. The largest absolute Gasteiger partial charge is 0.495 e. The summed E-state index contributed by atoms with van der Waals surface area (Å²) < 4.78 is 21.1. The molecule has 0 spiro atoms. The van der Waals surface area contributed by atoms with Gasteiger partial charge in [0, 0.05) is 12.1 Å². The third-order valence-corrected chi connectivity index (χ3v) is 4.38. The van der Waals surface area contributed by atoms with Crippen LogP contribution in [0.1, 0.15) is 16.8 Å². The summed E-state index contributed by atoms with van der Waals surface area (Å²) in [7, 11) is 1.49. The van der Waals surface area contributed by atoms with Gasteiger partial charge in [-0.1, -0.05) is 23.2 Å². The van der Waals surface area contributed by atoms with E-state index >= 15 is 0 Å². The summed E-state index contributed by atoms with van der Waals surface area (Å²) in [6, 6.07) is 7.66. The lowest BCUT2D eigenvalue weighted by Crippen LogP contribution is -2.21. The van der Waals surface area contributed by atoms with Gasteiger partial charge >= 0.3 is 5.97 Å². The van der Waals surface area contributed by atoms with Crippen LogP contribution >= 0.6 is 23.2 Å². The normalized spacial score (nSPS) is 12.7. The van der Waals surface area contributed by atoms with E-state index in [1.165, 1.54) is 25.3 Å². The van der Waals surface area contributed by atoms with Crippen LogP contribution in [0.25, 0.3) is 0 Å². The van der Waals surface area contributed by atoms with Gasteiger partial charge in [-0.05, 0) is 30.3 Å². The van der Waals surface area contributed by atoms with Gasteiger partial charge in [0.25, 0.3) is 5.91 Å². The second-order valence-electron chi connectivity index (χ2n) is 5.81. The van der Waals surface area contributed by atoms with E-state index in [1.807, 2.05) is 0 Å². The summed E-state index contributed by atoms with van der Waals surface area (Å²) in [6.07, 6.45) is 0.709. The number of amides is 1. The van der Waals surface area contributed by atoms with Crippen molar-refractivity contribution < 1.29 is 28.5 Å². The highest BCUT2D eigenvalue weighted by atomic mass is 35.5. The Hall–Kier alpha value is -2.64. The van der Waals surface area contributed by atoms with E-state index < -0.39 is 18.5 Å². The molecule has 0 aromatic heterocycles. The predicted octanol–water partition coefficient (Wildman–Crippen LogP) is 3.96. The Morgan fingerprint density at radius 1 is 1.11 bits per heavy atom. The van der Waals surface area contributed by atoms with E-state index in [2.05, 4.69) is 5.32 Å². The highest BCUT2D eigenvalue weighted by Crippen LogP contribution is 2.38. The fourth-order valence-corrected chi connectivity index (χ4v) is 3.03. The third-order valence-electron chi connectivity index (χ3n) is 3.81. The van der Waals surface area contributed by atoms with Gasteiger partial charge in [0.2, 0.25) is 0 Å². The fraction of sp³-hybridized carbons (Fsp3) is 0.263. The molecule has 0 saturated heterocycles. The topological polar surface area (TPSA) is 83.1 Å². The van der Waals surface area contributed by atoms with Crippen molar-refractivity contribution in [2.75, 3.05) is 32.2 Å². The minimum Gasteiger partial charge on any atom is -0.495 e.